The molecule has 190 valence electrons. The van der Waals surface area contributed by atoms with E-state index in [-0.39, 0.29) is 1.43 Å². The Hall–Kier alpha value is -1.10. The molecule has 0 spiro atoms. The molecule has 4 heteroatoms. The van der Waals surface area contributed by atoms with E-state index in [2.05, 4.69) is 58.1 Å². The normalized spacial score (nSPS) is 11.0. The molecule has 0 saturated carbocycles. The Morgan fingerprint density at radius 3 is 1.84 bits per heavy atom. The van der Waals surface area contributed by atoms with Crippen molar-refractivity contribution in [2.24, 2.45) is 0 Å². The molecule has 2 atom stereocenters. The van der Waals surface area contributed by atoms with Crippen LogP contribution in [0.2, 0.25) is 0 Å². The van der Waals surface area contributed by atoms with Gasteiger partial charge in [-0.3, -0.25) is 0 Å². The zero-order chi connectivity index (χ0) is 24.9. The molecule has 0 heterocycles. The Morgan fingerprint density at radius 2 is 1.42 bits per heavy atom. The quantitative estimate of drug-likeness (QED) is 0.319. The summed E-state index contributed by atoms with van der Waals surface area (Å²) in [5, 5.41) is 10.2. The predicted octanol–water partition coefficient (Wildman–Crippen LogP) is 8.04. The lowest BCUT2D eigenvalue weighted by atomic mass is 10.1. The van der Waals surface area contributed by atoms with Crippen LogP contribution in [0.5, 0.6) is 5.75 Å². The van der Waals surface area contributed by atoms with E-state index in [1.807, 2.05) is 40.8 Å². The predicted molar refractivity (Wildman–Crippen MR) is 143 cm³/mol. The third-order valence-corrected chi connectivity index (χ3v) is 4.11. The van der Waals surface area contributed by atoms with Gasteiger partial charge in [0, 0.05) is 27.8 Å². The van der Waals surface area contributed by atoms with Gasteiger partial charge in [-0.25, -0.2) is 0 Å². The maximum atomic E-state index is 7.00. The van der Waals surface area contributed by atoms with Crippen LogP contribution in [-0.2, 0) is 4.74 Å². The van der Waals surface area contributed by atoms with Gasteiger partial charge in [0.2, 0.25) is 0 Å². The summed E-state index contributed by atoms with van der Waals surface area (Å²) in [4.78, 5) is 0. The van der Waals surface area contributed by atoms with E-state index in [0.717, 1.165) is 38.9 Å². The fourth-order valence-corrected chi connectivity index (χ4v) is 2.32. The van der Waals surface area contributed by atoms with Gasteiger partial charge in [-0.15, -0.1) is 0 Å². The van der Waals surface area contributed by atoms with Crippen LogP contribution in [0, 0.1) is 0 Å². The van der Waals surface area contributed by atoms with E-state index in [1.165, 1.54) is 31.2 Å². The standard InChI is InChI=1S/C14H23NO.C8H18O.2C2H6.CH4O.H2/c1-5-7-11(2)16-14-9-6-8-13(10-14)12(3)15-4;1-3-5-7-9-8-6-4-2;3*1-2;/h6,8-12,15H,5,7H2,1-4H3;3-8H2,1-2H3;2*1-2H3;2H,1H3;1H/t11-,12+;;;;;/m0...../s1. The maximum Gasteiger partial charge on any atom is 0.120 e. The SMILES string of the molecule is CC.CC.CCCCOCCCC.CCC[C@H](C)Oc1cccc([C@@H](C)NC)c1.CO.[HH]. The zero-order valence-corrected chi connectivity index (χ0v) is 22.9. The molecule has 0 fully saturated rings. The lowest BCUT2D eigenvalue weighted by Gasteiger charge is -2.16. The van der Waals surface area contributed by atoms with Crippen molar-refractivity contribution in [3.63, 3.8) is 0 Å². The Morgan fingerprint density at radius 1 is 0.903 bits per heavy atom. The van der Waals surface area contributed by atoms with Crippen molar-refractivity contribution in [1.29, 1.82) is 0 Å². The number of aliphatic hydroxyl groups excluding tert-OH is 1. The lowest BCUT2D eigenvalue weighted by Crippen LogP contribution is -2.14. The van der Waals surface area contributed by atoms with E-state index in [4.69, 9.17) is 14.6 Å². The summed E-state index contributed by atoms with van der Waals surface area (Å²) in [6.07, 6.45) is 7.47. The molecule has 0 amide bonds. The summed E-state index contributed by atoms with van der Waals surface area (Å²) < 4.78 is 11.2. The second kappa shape index (κ2) is 33.5. The number of hydrogen-bond donors (Lipinski definition) is 2. The molecule has 2 N–H and O–H groups in total. The molecule has 1 aromatic rings. The Balaban J connectivity index is -0.000000130. The first-order valence-corrected chi connectivity index (χ1v) is 12.5. The third kappa shape index (κ3) is 26.9. The Bertz CT molecular complexity index is 414. The van der Waals surface area contributed by atoms with E-state index in [9.17, 15) is 0 Å². The van der Waals surface area contributed by atoms with Crippen molar-refractivity contribution in [2.45, 2.75) is 113 Å². The van der Waals surface area contributed by atoms with E-state index in [0.29, 0.717) is 12.1 Å². The van der Waals surface area contributed by atoms with Gasteiger partial charge in [-0.05, 0) is 57.9 Å². The highest BCUT2D eigenvalue weighted by Gasteiger charge is 2.06. The summed E-state index contributed by atoms with van der Waals surface area (Å²) in [6, 6.07) is 8.69. The summed E-state index contributed by atoms with van der Waals surface area (Å²) in [7, 11) is 2.97. The number of ether oxygens (including phenoxy) is 2. The van der Waals surface area contributed by atoms with Crippen LogP contribution in [0.3, 0.4) is 0 Å². The van der Waals surface area contributed by atoms with Crippen molar-refractivity contribution >= 4 is 0 Å². The van der Waals surface area contributed by atoms with Gasteiger partial charge in [0.1, 0.15) is 5.75 Å². The highest BCUT2D eigenvalue weighted by molar-refractivity contribution is 5.30. The molecule has 0 aromatic heterocycles. The van der Waals surface area contributed by atoms with Crippen LogP contribution in [0.15, 0.2) is 24.3 Å². The topological polar surface area (TPSA) is 50.7 Å². The largest absolute Gasteiger partial charge is 0.491 e. The van der Waals surface area contributed by atoms with Crippen LogP contribution in [-0.4, -0.2) is 38.6 Å². The molecule has 0 radical (unpaired) electrons. The van der Waals surface area contributed by atoms with Crippen LogP contribution in [0.25, 0.3) is 0 Å². The molecular weight excluding hydrogens is 386 g/mol. The molecular formula is C27H59NO3. The second-order valence-corrected chi connectivity index (χ2v) is 6.62. The first-order valence-electron chi connectivity index (χ1n) is 12.5. The van der Waals surface area contributed by atoms with Gasteiger partial charge in [0.05, 0.1) is 6.10 Å². The lowest BCUT2D eigenvalue weighted by molar-refractivity contribution is 0.128. The van der Waals surface area contributed by atoms with Crippen molar-refractivity contribution in [3.05, 3.63) is 29.8 Å². The molecule has 31 heavy (non-hydrogen) atoms. The number of unbranched alkanes of at least 4 members (excludes halogenated alkanes) is 2. The second-order valence-electron chi connectivity index (χ2n) is 6.62. The number of rotatable bonds is 12. The summed E-state index contributed by atoms with van der Waals surface area (Å²) >= 11 is 0. The molecule has 0 unspecified atom stereocenters. The van der Waals surface area contributed by atoms with Crippen molar-refractivity contribution in [2.75, 3.05) is 27.4 Å². The molecule has 0 aliphatic carbocycles. The fraction of sp³-hybridized carbons (Fsp3) is 0.778. The number of aliphatic hydroxyl groups is 1. The third-order valence-electron chi connectivity index (χ3n) is 4.11. The van der Waals surface area contributed by atoms with Crippen LogP contribution < -0.4 is 10.1 Å². The van der Waals surface area contributed by atoms with Crippen molar-refractivity contribution in [3.8, 4) is 5.75 Å². The van der Waals surface area contributed by atoms with Gasteiger partial charge in [0.15, 0.2) is 0 Å². The molecule has 4 nitrogen and oxygen atoms in total. The Labute approximate surface area is 197 Å². The van der Waals surface area contributed by atoms with Crippen molar-refractivity contribution < 1.29 is 16.0 Å². The molecule has 0 aliphatic heterocycles. The van der Waals surface area contributed by atoms with Crippen LogP contribution in [0.4, 0.5) is 0 Å². The van der Waals surface area contributed by atoms with E-state index >= 15 is 0 Å². The molecule has 1 aromatic carbocycles. The minimum atomic E-state index is 0. The minimum absolute atomic E-state index is 0. The first kappa shape index (κ1) is 37.2. The van der Waals surface area contributed by atoms with Gasteiger partial charge >= 0.3 is 0 Å². The zero-order valence-electron chi connectivity index (χ0n) is 22.9. The average molecular weight is 446 g/mol. The molecule has 1 rings (SSSR count). The fourth-order valence-electron chi connectivity index (χ4n) is 2.32. The first-order chi connectivity index (χ1) is 15.1. The van der Waals surface area contributed by atoms with Gasteiger partial charge in [-0.2, -0.15) is 0 Å². The van der Waals surface area contributed by atoms with Gasteiger partial charge in [0.25, 0.3) is 0 Å². The number of nitrogens with one attached hydrogen (secondary N) is 1. The Kier molecular flexibility index (Phi) is 40.3. The molecule has 0 bridgehead atoms. The van der Waals surface area contributed by atoms with E-state index < -0.39 is 0 Å². The minimum Gasteiger partial charge on any atom is -0.491 e. The van der Waals surface area contributed by atoms with Gasteiger partial charge in [-0.1, -0.05) is 79.9 Å². The average Bonchev–Trinajstić information content (AvgIpc) is 2.83. The molecule has 0 aliphatic rings. The number of benzene rings is 1. The summed E-state index contributed by atoms with van der Waals surface area (Å²) in [5.41, 5.74) is 1.27. The van der Waals surface area contributed by atoms with Crippen LogP contribution >= 0.6 is 0 Å². The smallest absolute Gasteiger partial charge is 0.120 e. The highest BCUT2D eigenvalue weighted by atomic mass is 16.5. The maximum absolute atomic E-state index is 7.00. The summed E-state index contributed by atoms with van der Waals surface area (Å²) in [5.74, 6) is 0.973. The highest BCUT2D eigenvalue weighted by Crippen LogP contribution is 2.20. The van der Waals surface area contributed by atoms with Crippen molar-refractivity contribution in [1.82, 2.24) is 5.32 Å². The monoisotopic (exact) mass is 445 g/mol. The molecule has 0 saturated heterocycles. The number of hydrogen-bond acceptors (Lipinski definition) is 4. The van der Waals surface area contributed by atoms with Crippen LogP contribution in [0.1, 0.15) is 114 Å². The summed E-state index contributed by atoms with van der Waals surface area (Å²) in [6.45, 7) is 20.7. The van der Waals surface area contributed by atoms with Gasteiger partial charge < -0.3 is 19.9 Å². The van der Waals surface area contributed by atoms with E-state index in [1.54, 1.807) is 0 Å².